The molecule has 232 valence electrons. The van der Waals surface area contributed by atoms with Crippen LogP contribution in [-0.2, 0) is 9.59 Å². The van der Waals surface area contributed by atoms with Gasteiger partial charge in [-0.05, 0) is 48.5 Å². The molecule has 5 rings (SSSR count). The van der Waals surface area contributed by atoms with Gasteiger partial charge in [0.05, 0.1) is 25.7 Å². The molecule has 0 radical (unpaired) electrons. The molecule has 0 saturated carbocycles. The topological polar surface area (TPSA) is 119 Å². The van der Waals surface area contributed by atoms with Gasteiger partial charge in [0.1, 0.15) is 5.70 Å². The highest BCUT2D eigenvalue weighted by atomic mass is 32.2. The number of thioether (sulfide) groups is 1. The van der Waals surface area contributed by atoms with Crippen LogP contribution in [0, 0.1) is 0 Å². The molecule has 0 aliphatic rings. The van der Waals surface area contributed by atoms with E-state index in [4.69, 9.17) is 9.47 Å². The lowest BCUT2D eigenvalue weighted by atomic mass is 10.1. The molecule has 0 atom stereocenters. The van der Waals surface area contributed by atoms with Gasteiger partial charge in [0.25, 0.3) is 11.8 Å². The summed E-state index contributed by atoms with van der Waals surface area (Å²) < 4.78 is 10.9. The maximum Gasteiger partial charge on any atom is 0.272 e. The number of aromatic nitrogens is 1. The van der Waals surface area contributed by atoms with Gasteiger partial charge in [0.15, 0.2) is 16.6 Å². The largest absolute Gasteiger partial charge is 0.493 e. The highest BCUT2D eigenvalue weighted by Crippen LogP contribution is 2.32. The van der Waals surface area contributed by atoms with E-state index in [1.165, 1.54) is 43.4 Å². The van der Waals surface area contributed by atoms with Crippen LogP contribution in [0.2, 0.25) is 0 Å². The van der Waals surface area contributed by atoms with Crippen molar-refractivity contribution >= 4 is 57.7 Å². The van der Waals surface area contributed by atoms with E-state index in [2.05, 4.69) is 20.9 Å². The zero-order valence-electron chi connectivity index (χ0n) is 25.0. The normalized spacial score (nSPS) is 11.0. The van der Waals surface area contributed by atoms with Crippen molar-refractivity contribution in [2.75, 3.05) is 30.6 Å². The molecule has 0 bridgehead atoms. The second-order valence-electron chi connectivity index (χ2n) is 9.68. The van der Waals surface area contributed by atoms with Gasteiger partial charge in [0, 0.05) is 32.7 Å². The number of para-hydroxylation sites is 1. The molecule has 0 saturated heterocycles. The van der Waals surface area contributed by atoms with Crippen molar-refractivity contribution in [2.24, 2.45) is 0 Å². The van der Waals surface area contributed by atoms with Gasteiger partial charge < -0.3 is 25.4 Å². The van der Waals surface area contributed by atoms with Gasteiger partial charge in [0.2, 0.25) is 5.91 Å². The molecule has 0 spiro atoms. The van der Waals surface area contributed by atoms with Gasteiger partial charge >= 0.3 is 0 Å². The number of ether oxygens (including phenoxy) is 2. The first-order chi connectivity index (χ1) is 22.4. The number of nitrogens with one attached hydrogen (secondary N) is 3. The second kappa shape index (κ2) is 15.6. The monoisotopic (exact) mass is 650 g/mol. The zero-order valence-corrected chi connectivity index (χ0v) is 26.6. The summed E-state index contributed by atoms with van der Waals surface area (Å²) in [6, 6.07) is 30.7. The summed E-state index contributed by atoms with van der Waals surface area (Å²) in [5, 5.41) is 10.9. The van der Waals surface area contributed by atoms with Gasteiger partial charge in [-0.2, -0.15) is 0 Å². The van der Waals surface area contributed by atoms with E-state index in [0.29, 0.717) is 33.4 Å². The predicted molar refractivity (Wildman–Crippen MR) is 183 cm³/mol. The molecule has 0 unspecified atom stereocenters. The van der Waals surface area contributed by atoms with Gasteiger partial charge in [-0.25, -0.2) is 4.98 Å². The van der Waals surface area contributed by atoms with E-state index in [1.54, 1.807) is 60.7 Å². The van der Waals surface area contributed by atoms with E-state index >= 15 is 0 Å². The molecule has 0 aliphatic heterocycles. The Bertz CT molecular complexity index is 1840. The highest BCUT2D eigenvalue weighted by Gasteiger charge is 2.17. The number of anilines is 2. The third-order valence-corrected chi connectivity index (χ3v) is 8.33. The molecule has 3 N–H and O–H groups in total. The molecule has 9 nitrogen and oxygen atoms in total. The smallest absolute Gasteiger partial charge is 0.272 e. The van der Waals surface area contributed by atoms with Crippen LogP contribution in [0.25, 0.3) is 17.3 Å². The summed E-state index contributed by atoms with van der Waals surface area (Å²) in [6.45, 7) is 0. The first-order valence-electron chi connectivity index (χ1n) is 14.1. The fourth-order valence-electron chi connectivity index (χ4n) is 4.33. The van der Waals surface area contributed by atoms with Crippen LogP contribution in [0.5, 0.6) is 11.5 Å². The Morgan fingerprint density at radius 2 is 1.54 bits per heavy atom. The number of rotatable bonds is 12. The van der Waals surface area contributed by atoms with Crippen LogP contribution in [0.1, 0.15) is 15.9 Å². The lowest BCUT2D eigenvalue weighted by molar-refractivity contribution is -0.114. The molecule has 1 heterocycles. The van der Waals surface area contributed by atoms with Crippen LogP contribution in [0.3, 0.4) is 0 Å². The second-order valence-corrected chi connectivity index (χ2v) is 11.6. The molecule has 1 aromatic heterocycles. The molecule has 5 aromatic rings. The Balaban J connectivity index is 1.23. The molecule has 4 aromatic carbocycles. The average Bonchev–Trinajstić information content (AvgIpc) is 3.56. The molecular formula is C35H30N4O5S2. The van der Waals surface area contributed by atoms with Crippen LogP contribution in [-0.4, -0.2) is 42.7 Å². The SMILES string of the molecule is COc1cccc(/C=C(\NC(=O)c2ccccc2)C(=O)Nc2ccc(SCC(=O)Nc3nc(-c4ccccc4)cs3)cc2)c1OC. The lowest BCUT2D eigenvalue weighted by Crippen LogP contribution is -2.30. The summed E-state index contributed by atoms with van der Waals surface area (Å²) in [6.07, 6.45) is 1.53. The van der Waals surface area contributed by atoms with Crippen molar-refractivity contribution < 1.29 is 23.9 Å². The van der Waals surface area contributed by atoms with Crippen LogP contribution < -0.4 is 25.4 Å². The fourth-order valence-corrected chi connectivity index (χ4v) is 5.77. The number of hydrogen-bond donors (Lipinski definition) is 3. The number of benzene rings is 4. The van der Waals surface area contributed by atoms with E-state index in [9.17, 15) is 14.4 Å². The Kier molecular flexibility index (Phi) is 10.8. The van der Waals surface area contributed by atoms with Gasteiger partial charge in [-0.15, -0.1) is 23.1 Å². The number of carbonyl (C=O) groups excluding carboxylic acids is 3. The third-order valence-electron chi connectivity index (χ3n) is 6.56. The molecular weight excluding hydrogens is 621 g/mol. The Morgan fingerprint density at radius 3 is 2.24 bits per heavy atom. The number of nitrogens with zero attached hydrogens (tertiary/aromatic N) is 1. The maximum absolute atomic E-state index is 13.5. The fraction of sp³-hybridized carbons (Fsp3) is 0.0857. The van der Waals surface area contributed by atoms with Crippen LogP contribution in [0.4, 0.5) is 10.8 Å². The summed E-state index contributed by atoms with van der Waals surface area (Å²) in [7, 11) is 3.02. The van der Waals surface area contributed by atoms with Crippen molar-refractivity contribution in [2.45, 2.75) is 4.90 Å². The van der Waals surface area contributed by atoms with Crippen molar-refractivity contribution in [3.05, 3.63) is 125 Å². The average molecular weight is 651 g/mol. The van der Waals surface area contributed by atoms with Crippen molar-refractivity contribution in [1.29, 1.82) is 0 Å². The zero-order chi connectivity index (χ0) is 32.3. The van der Waals surface area contributed by atoms with Gasteiger partial charge in [-0.3, -0.25) is 14.4 Å². The minimum atomic E-state index is -0.535. The highest BCUT2D eigenvalue weighted by molar-refractivity contribution is 8.00. The van der Waals surface area contributed by atoms with E-state index in [1.807, 2.05) is 47.8 Å². The van der Waals surface area contributed by atoms with E-state index in [0.717, 1.165) is 16.2 Å². The lowest BCUT2D eigenvalue weighted by Gasteiger charge is -2.14. The minimum absolute atomic E-state index is 0.00753. The minimum Gasteiger partial charge on any atom is -0.493 e. The Morgan fingerprint density at radius 1 is 0.826 bits per heavy atom. The number of hydrogen-bond acceptors (Lipinski definition) is 8. The first kappa shape index (κ1) is 32.0. The number of carbonyl (C=O) groups is 3. The van der Waals surface area contributed by atoms with E-state index in [-0.39, 0.29) is 17.4 Å². The number of thiazole rings is 1. The van der Waals surface area contributed by atoms with Crippen molar-refractivity contribution in [3.8, 4) is 22.8 Å². The molecule has 46 heavy (non-hydrogen) atoms. The van der Waals surface area contributed by atoms with Crippen LogP contribution >= 0.6 is 23.1 Å². The first-order valence-corrected chi connectivity index (χ1v) is 15.9. The Hall–Kier alpha value is -5.39. The molecule has 0 aliphatic carbocycles. The molecule has 11 heteroatoms. The standard InChI is InChI=1S/C35H30N4O5S2/c1-43-30-15-9-14-25(32(30)44-2)20-28(37-33(41)24-12-7-4-8-13-24)34(42)36-26-16-18-27(19-17-26)45-22-31(40)39-35-38-29(21-46-35)23-10-5-3-6-11-23/h3-21H,22H2,1-2H3,(H,36,42)(H,37,41)(H,38,39,40)/b28-20-. The van der Waals surface area contributed by atoms with Gasteiger partial charge in [-0.1, -0.05) is 60.7 Å². The summed E-state index contributed by atoms with van der Waals surface area (Å²) in [4.78, 5) is 44.4. The third kappa shape index (κ3) is 8.40. The number of methoxy groups -OCH3 is 2. The Labute approximate surface area is 274 Å². The summed E-state index contributed by atoms with van der Waals surface area (Å²) in [5.74, 6) is -0.0624. The number of amides is 3. The summed E-state index contributed by atoms with van der Waals surface area (Å²) in [5.41, 5.74) is 3.25. The maximum atomic E-state index is 13.5. The van der Waals surface area contributed by atoms with E-state index < -0.39 is 11.8 Å². The van der Waals surface area contributed by atoms with Crippen LogP contribution in [0.15, 0.2) is 119 Å². The molecule has 3 amide bonds. The quantitative estimate of drug-likeness (QED) is 0.0986. The predicted octanol–water partition coefficient (Wildman–Crippen LogP) is 6.97. The van der Waals surface area contributed by atoms with Crippen molar-refractivity contribution in [1.82, 2.24) is 10.3 Å². The van der Waals surface area contributed by atoms with Crippen molar-refractivity contribution in [3.63, 3.8) is 0 Å². The summed E-state index contributed by atoms with van der Waals surface area (Å²) >= 11 is 2.73. The molecule has 0 fully saturated rings.